The molecule has 0 aromatic heterocycles. The molecule has 0 aliphatic carbocycles. The van der Waals surface area contributed by atoms with Crippen LogP contribution < -0.4 is 0 Å². The second-order valence-corrected chi connectivity index (χ2v) is 5.93. The number of halogens is 1. The molecular formula is C17H21ClO7. The van der Waals surface area contributed by atoms with Gasteiger partial charge in [0.2, 0.25) is 6.29 Å². The molecule has 0 saturated carbocycles. The van der Waals surface area contributed by atoms with Crippen molar-refractivity contribution in [3.05, 3.63) is 35.9 Å². The minimum atomic E-state index is -1.32. The van der Waals surface area contributed by atoms with Gasteiger partial charge in [0.15, 0.2) is 6.10 Å². The van der Waals surface area contributed by atoms with Gasteiger partial charge in [0, 0.05) is 6.92 Å². The van der Waals surface area contributed by atoms with Crippen LogP contribution in [0, 0.1) is 0 Å². The molecule has 0 radical (unpaired) electrons. The Labute approximate surface area is 150 Å². The van der Waals surface area contributed by atoms with E-state index in [0.29, 0.717) is 0 Å². The van der Waals surface area contributed by atoms with Crippen LogP contribution in [0.5, 0.6) is 0 Å². The number of carbonyl (C=O) groups is 2. The van der Waals surface area contributed by atoms with E-state index >= 15 is 0 Å². The molecular weight excluding hydrogens is 352 g/mol. The first-order valence-electron chi connectivity index (χ1n) is 7.84. The van der Waals surface area contributed by atoms with Crippen molar-refractivity contribution >= 4 is 23.5 Å². The minimum Gasteiger partial charge on any atom is -0.456 e. The lowest BCUT2D eigenvalue weighted by molar-refractivity contribution is -0.295. The van der Waals surface area contributed by atoms with Crippen molar-refractivity contribution in [1.29, 1.82) is 0 Å². The van der Waals surface area contributed by atoms with Crippen molar-refractivity contribution in [2.24, 2.45) is 0 Å². The molecule has 5 unspecified atom stereocenters. The molecule has 1 N–H and O–H groups in total. The van der Waals surface area contributed by atoms with Crippen LogP contribution in [0.2, 0.25) is 0 Å². The van der Waals surface area contributed by atoms with Crippen LogP contribution in [0.1, 0.15) is 19.4 Å². The minimum absolute atomic E-state index is 0.178. The zero-order chi connectivity index (χ0) is 18.4. The van der Waals surface area contributed by atoms with Gasteiger partial charge in [-0.3, -0.25) is 9.59 Å². The first kappa shape index (κ1) is 19.7. The summed E-state index contributed by atoms with van der Waals surface area (Å²) in [5.41, 5.74) is 0.875. The number of alkyl halides is 1. The quantitative estimate of drug-likeness (QED) is 0.596. The van der Waals surface area contributed by atoms with E-state index in [9.17, 15) is 14.7 Å². The summed E-state index contributed by atoms with van der Waals surface area (Å²) in [6, 6.07) is 9.30. The second-order valence-electron chi connectivity index (χ2n) is 5.66. The fraction of sp³-hybridized carbons (Fsp3) is 0.529. The lowest BCUT2D eigenvalue weighted by atomic mass is 9.99. The number of carbonyl (C=O) groups excluding carboxylic acids is 2. The summed E-state index contributed by atoms with van der Waals surface area (Å²) in [6.07, 6.45) is -5.03. The molecule has 25 heavy (non-hydrogen) atoms. The Balaban J connectivity index is 2.15. The van der Waals surface area contributed by atoms with E-state index in [1.165, 1.54) is 6.92 Å². The number of esters is 2. The van der Waals surface area contributed by atoms with Gasteiger partial charge in [0.1, 0.15) is 18.1 Å². The number of aliphatic hydroxyl groups excluding tert-OH is 1. The van der Waals surface area contributed by atoms with Crippen LogP contribution in [-0.4, -0.2) is 53.6 Å². The van der Waals surface area contributed by atoms with Crippen molar-refractivity contribution in [2.45, 2.75) is 51.2 Å². The average molecular weight is 373 g/mol. The Morgan fingerprint density at radius 3 is 2.48 bits per heavy atom. The number of aliphatic hydroxyl groups is 1. The maximum Gasteiger partial charge on any atom is 0.321 e. The monoisotopic (exact) mass is 372 g/mol. The molecule has 0 bridgehead atoms. The third-order valence-corrected chi connectivity index (χ3v) is 3.91. The molecule has 1 fully saturated rings. The van der Waals surface area contributed by atoms with Crippen LogP contribution in [0.15, 0.2) is 30.3 Å². The maximum absolute atomic E-state index is 11.6. The van der Waals surface area contributed by atoms with E-state index < -0.39 is 42.6 Å². The Morgan fingerprint density at radius 2 is 1.88 bits per heavy atom. The SMILES string of the molecule is CC(=O)OC1OC(C)C(OC(=O)CCl)C(OCc2ccccc2)C1O. The number of benzene rings is 1. The van der Waals surface area contributed by atoms with Gasteiger partial charge < -0.3 is 24.1 Å². The number of rotatable bonds is 6. The van der Waals surface area contributed by atoms with Crippen LogP contribution >= 0.6 is 11.6 Å². The molecule has 1 aromatic carbocycles. The molecule has 1 aromatic rings. The molecule has 138 valence electrons. The highest BCUT2D eigenvalue weighted by Gasteiger charge is 2.48. The Morgan fingerprint density at radius 1 is 1.20 bits per heavy atom. The Bertz CT molecular complexity index is 580. The lowest BCUT2D eigenvalue weighted by Crippen LogP contribution is -2.59. The zero-order valence-electron chi connectivity index (χ0n) is 14.0. The highest BCUT2D eigenvalue weighted by atomic mass is 35.5. The summed E-state index contributed by atoms with van der Waals surface area (Å²) >= 11 is 5.49. The van der Waals surface area contributed by atoms with Crippen molar-refractivity contribution in [1.82, 2.24) is 0 Å². The van der Waals surface area contributed by atoms with Gasteiger partial charge in [0.05, 0.1) is 12.7 Å². The topological polar surface area (TPSA) is 91.3 Å². The molecule has 0 amide bonds. The van der Waals surface area contributed by atoms with E-state index in [1.807, 2.05) is 30.3 Å². The third-order valence-electron chi connectivity index (χ3n) is 3.69. The molecule has 1 aliphatic heterocycles. The van der Waals surface area contributed by atoms with Gasteiger partial charge >= 0.3 is 11.9 Å². The summed E-state index contributed by atoms with van der Waals surface area (Å²) in [5.74, 6) is -1.60. The summed E-state index contributed by atoms with van der Waals surface area (Å²) in [5, 5.41) is 10.5. The van der Waals surface area contributed by atoms with Gasteiger partial charge in [-0.15, -0.1) is 11.6 Å². The largest absolute Gasteiger partial charge is 0.456 e. The molecule has 1 aliphatic rings. The van der Waals surface area contributed by atoms with Crippen LogP contribution in [0.4, 0.5) is 0 Å². The van der Waals surface area contributed by atoms with Crippen molar-refractivity contribution in [3.8, 4) is 0 Å². The van der Waals surface area contributed by atoms with Gasteiger partial charge in [-0.05, 0) is 12.5 Å². The molecule has 8 heteroatoms. The first-order chi connectivity index (χ1) is 11.9. The van der Waals surface area contributed by atoms with Gasteiger partial charge in [-0.1, -0.05) is 30.3 Å². The number of hydrogen-bond donors (Lipinski definition) is 1. The fourth-order valence-corrected chi connectivity index (χ4v) is 2.62. The van der Waals surface area contributed by atoms with E-state index in [0.717, 1.165) is 5.56 Å². The third kappa shape index (κ3) is 5.40. The van der Waals surface area contributed by atoms with E-state index in [1.54, 1.807) is 6.92 Å². The molecule has 2 rings (SSSR count). The summed E-state index contributed by atoms with van der Waals surface area (Å²) in [4.78, 5) is 22.8. The summed E-state index contributed by atoms with van der Waals surface area (Å²) in [6.45, 7) is 3.02. The van der Waals surface area contributed by atoms with Crippen LogP contribution in [0.3, 0.4) is 0 Å². The second kappa shape index (κ2) is 9.15. The normalized spacial score (nSPS) is 29.0. The van der Waals surface area contributed by atoms with Gasteiger partial charge in [-0.25, -0.2) is 0 Å². The highest BCUT2D eigenvalue weighted by Crippen LogP contribution is 2.27. The molecule has 0 spiro atoms. The molecule has 5 atom stereocenters. The van der Waals surface area contributed by atoms with E-state index in [-0.39, 0.29) is 12.5 Å². The smallest absolute Gasteiger partial charge is 0.321 e. The molecule has 1 heterocycles. The molecule has 7 nitrogen and oxygen atoms in total. The predicted molar refractivity (Wildman–Crippen MR) is 87.7 cm³/mol. The highest BCUT2D eigenvalue weighted by molar-refractivity contribution is 6.26. The predicted octanol–water partition coefficient (Wildman–Crippen LogP) is 1.39. The maximum atomic E-state index is 11.6. The standard InChI is InChI=1S/C17H21ClO7/c1-10-15(25-13(20)8-18)16(14(21)17(23-10)24-11(2)19)22-9-12-6-4-3-5-7-12/h3-7,10,14-17,21H,8-9H2,1-2H3. The van der Waals surface area contributed by atoms with Crippen LogP contribution in [0.25, 0.3) is 0 Å². The Kier molecular flexibility index (Phi) is 7.19. The van der Waals surface area contributed by atoms with Crippen molar-refractivity contribution < 1.29 is 33.6 Å². The van der Waals surface area contributed by atoms with Crippen molar-refractivity contribution in [2.75, 3.05) is 5.88 Å². The first-order valence-corrected chi connectivity index (χ1v) is 8.37. The van der Waals surface area contributed by atoms with E-state index in [4.69, 9.17) is 30.5 Å². The Hall–Kier alpha value is -1.67. The van der Waals surface area contributed by atoms with Gasteiger partial charge in [-0.2, -0.15) is 0 Å². The van der Waals surface area contributed by atoms with Crippen LogP contribution in [-0.2, 0) is 35.1 Å². The lowest BCUT2D eigenvalue weighted by Gasteiger charge is -2.42. The van der Waals surface area contributed by atoms with Crippen molar-refractivity contribution in [3.63, 3.8) is 0 Å². The number of hydrogen-bond acceptors (Lipinski definition) is 7. The molecule has 1 saturated heterocycles. The van der Waals surface area contributed by atoms with Gasteiger partial charge in [0.25, 0.3) is 0 Å². The summed E-state index contributed by atoms with van der Waals surface area (Å²) in [7, 11) is 0. The fourth-order valence-electron chi connectivity index (χ4n) is 2.55. The zero-order valence-corrected chi connectivity index (χ0v) is 14.7. The van der Waals surface area contributed by atoms with E-state index in [2.05, 4.69) is 0 Å². The average Bonchev–Trinajstić information content (AvgIpc) is 2.59. The number of ether oxygens (including phenoxy) is 4. The summed E-state index contributed by atoms with van der Waals surface area (Å²) < 4.78 is 21.5.